The molecular weight excluding hydrogens is 461 g/mol. The molecule has 0 N–H and O–H groups in total. The fourth-order valence-corrected chi connectivity index (χ4v) is 4.05. The maximum Gasteiger partial charge on any atom is 0.331 e. The molecule has 0 saturated carbocycles. The molecular formula is C25H25Cl2N3O3. The van der Waals surface area contributed by atoms with Crippen molar-refractivity contribution >= 4 is 41.0 Å². The number of carbonyl (C=O) groups excluding carboxylic acids is 2. The fourth-order valence-electron chi connectivity index (χ4n) is 3.56. The quantitative estimate of drug-likeness (QED) is 0.171. The number of rotatable bonds is 9. The van der Waals surface area contributed by atoms with Crippen LogP contribution in [-0.2, 0) is 22.6 Å². The van der Waals surface area contributed by atoms with Crippen LogP contribution in [0.3, 0.4) is 0 Å². The summed E-state index contributed by atoms with van der Waals surface area (Å²) in [7, 11) is 0. The van der Waals surface area contributed by atoms with Gasteiger partial charge in [-0.05, 0) is 44.5 Å². The van der Waals surface area contributed by atoms with Gasteiger partial charge in [-0.25, -0.2) is 9.48 Å². The van der Waals surface area contributed by atoms with Gasteiger partial charge in [0.05, 0.1) is 12.2 Å². The van der Waals surface area contributed by atoms with Gasteiger partial charge in [-0.1, -0.05) is 47.5 Å². The largest absolute Gasteiger partial charge is 0.454 e. The minimum absolute atomic E-state index is 0.262. The molecule has 1 aromatic carbocycles. The summed E-state index contributed by atoms with van der Waals surface area (Å²) < 4.78 is 8.75. The van der Waals surface area contributed by atoms with Gasteiger partial charge in [0.1, 0.15) is 5.15 Å². The van der Waals surface area contributed by atoms with E-state index in [1.165, 1.54) is 12.2 Å². The highest BCUT2D eigenvalue weighted by Crippen LogP contribution is 2.24. The Labute approximate surface area is 203 Å². The summed E-state index contributed by atoms with van der Waals surface area (Å²) in [5.74, 6) is -0.903. The van der Waals surface area contributed by atoms with E-state index in [0.29, 0.717) is 40.1 Å². The summed E-state index contributed by atoms with van der Waals surface area (Å²) >= 11 is 12.7. The first-order valence-corrected chi connectivity index (χ1v) is 11.1. The van der Waals surface area contributed by atoms with Gasteiger partial charge in [0.15, 0.2) is 6.61 Å². The SMILES string of the molecule is C=CCn1c(C)cc(C(=O)COC(=O)C=Cc2c(C)nn(Cc3ccccc3Cl)c2Cl)c1C. The van der Waals surface area contributed by atoms with Gasteiger partial charge in [-0.15, -0.1) is 6.58 Å². The summed E-state index contributed by atoms with van der Waals surface area (Å²) in [6.07, 6.45) is 4.54. The Balaban J connectivity index is 1.65. The molecule has 8 heteroatoms. The highest BCUT2D eigenvalue weighted by Gasteiger charge is 2.17. The lowest BCUT2D eigenvalue weighted by Gasteiger charge is -2.06. The fraction of sp³-hybridized carbons (Fsp3) is 0.240. The lowest BCUT2D eigenvalue weighted by Crippen LogP contribution is -2.13. The van der Waals surface area contributed by atoms with Crippen LogP contribution >= 0.6 is 23.2 Å². The molecule has 2 heterocycles. The van der Waals surface area contributed by atoms with E-state index in [0.717, 1.165) is 17.0 Å². The molecule has 0 aliphatic rings. The van der Waals surface area contributed by atoms with Crippen molar-refractivity contribution in [2.75, 3.05) is 6.61 Å². The van der Waals surface area contributed by atoms with Gasteiger partial charge in [0.2, 0.25) is 5.78 Å². The number of hydrogen-bond acceptors (Lipinski definition) is 4. The molecule has 3 aromatic rings. The average Bonchev–Trinajstić information content (AvgIpc) is 3.21. The van der Waals surface area contributed by atoms with Crippen LogP contribution in [0.25, 0.3) is 6.08 Å². The number of hydrogen-bond donors (Lipinski definition) is 0. The number of ether oxygens (including phenoxy) is 1. The molecule has 6 nitrogen and oxygen atoms in total. The van der Waals surface area contributed by atoms with Gasteiger partial charge in [0, 0.05) is 40.2 Å². The third kappa shape index (κ3) is 5.64. The van der Waals surface area contributed by atoms with Crippen molar-refractivity contribution in [1.82, 2.24) is 14.3 Å². The van der Waals surface area contributed by atoms with Gasteiger partial charge in [-0.3, -0.25) is 4.79 Å². The Morgan fingerprint density at radius 1 is 1.18 bits per heavy atom. The summed E-state index contributed by atoms with van der Waals surface area (Å²) in [6.45, 7) is 9.96. The van der Waals surface area contributed by atoms with E-state index in [9.17, 15) is 9.59 Å². The van der Waals surface area contributed by atoms with Crippen LogP contribution in [-0.4, -0.2) is 32.7 Å². The lowest BCUT2D eigenvalue weighted by molar-refractivity contribution is -0.136. The van der Waals surface area contributed by atoms with E-state index in [2.05, 4.69) is 11.7 Å². The molecule has 0 saturated heterocycles. The summed E-state index contributed by atoms with van der Waals surface area (Å²) in [6, 6.07) is 9.23. The van der Waals surface area contributed by atoms with Gasteiger partial charge >= 0.3 is 5.97 Å². The maximum atomic E-state index is 12.5. The van der Waals surface area contributed by atoms with Crippen LogP contribution in [0, 0.1) is 20.8 Å². The van der Waals surface area contributed by atoms with E-state index in [1.807, 2.05) is 36.6 Å². The van der Waals surface area contributed by atoms with E-state index in [1.54, 1.807) is 29.8 Å². The van der Waals surface area contributed by atoms with Crippen molar-refractivity contribution in [3.8, 4) is 0 Å². The number of aromatic nitrogens is 3. The van der Waals surface area contributed by atoms with E-state index in [4.69, 9.17) is 27.9 Å². The summed E-state index contributed by atoms with van der Waals surface area (Å²) in [4.78, 5) is 24.8. The number of benzene rings is 1. The van der Waals surface area contributed by atoms with Crippen LogP contribution in [0.2, 0.25) is 10.2 Å². The molecule has 172 valence electrons. The van der Waals surface area contributed by atoms with Crippen molar-refractivity contribution in [3.05, 3.63) is 93.0 Å². The van der Waals surface area contributed by atoms with E-state index >= 15 is 0 Å². The molecule has 0 bridgehead atoms. The molecule has 0 aliphatic carbocycles. The second kappa shape index (κ2) is 10.7. The lowest BCUT2D eigenvalue weighted by atomic mass is 10.1. The zero-order chi connectivity index (χ0) is 24.1. The smallest absolute Gasteiger partial charge is 0.331 e. The predicted molar refractivity (Wildman–Crippen MR) is 131 cm³/mol. The Bertz CT molecular complexity index is 1240. The molecule has 33 heavy (non-hydrogen) atoms. The number of allylic oxidation sites excluding steroid dienone is 1. The molecule has 0 fully saturated rings. The number of Topliss-reactive ketones (excluding diaryl/α,β-unsaturated/α-hetero) is 1. The second-order valence-corrected chi connectivity index (χ2v) is 8.35. The molecule has 0 atom stereocenters. The second-order valence-electron chi connectivity index (χ2n) is 7.59. The van der Waals surface area contributed by atoms with Crippen LogP contribution in [0.1, 0.15) is 38.6 Å². The van der Waals surface area contributed by atoms with Crippen molar-refractivity contribution in [3.63, 3.8) is 0 Å². The van der Waals surface area contributed by atoms with Crippen LogP contribution < -0.4 is 0 Å². The van der Waals surface area contributed by atoms with Crippen molar-refractivity contribution in [1.29, 1.82) is 0 Å². The predicted octanol–water partition coefficient (Wildman–Crippen LogP) is 5.59. The molecule has 3 rings (SSSR count). The van der Waals surface area contributed by atoms with Crippen LogP contribution in [0.15, 0.2) is 49.1 Å². The summed E-state index contributed by atoms with van der Waals surface area (Å²) in [5.41, 5.74) is 4.43. The minimum Gasteiger partial charge on any atom is -0.454 e. The van der Waals surface area contributed by atoms with Gasteiger partial charge < -0.3 is 9.30 Å². The van der Waals surface area contributed by atoms with Crippen molar-refractivity contribution < 1.29 is 14.3 Å². The van der Waals surface area contributed by atoms with Crippen LogP contribution in [0.4, 0.5) is 0 Å². The molecule has 0 spiro atoms. The standard InChI is InChI=1S/C25H25Cl2N3O3/c1-5-12-29-16(2)13-21(18(29)4)23(31)15-33-24(32)11-10-20-17(3)28-30(25(20)27)14-19-8-6-7-9-22(19)26/h5-11,13H,1,12,14-15H2,2-4H3. The normalized spacial score (nSPS) is 11.2. The number of aryl methyl sites for hydroxylation is 2. The zero-order valence-corrected chi connectivity index (χ0v) is 20.3. The molecule has 0 amide bonds. The first kappa shape index (κ1) is 24.6. The number of ketones is 1. The van der Waals surface area contributed by atoms with Crippen molar-refractivity contribution in [2.45, 2.75) is 33.9 Å². The van der Waals surface area contributed by atoms with Gasteiger partial charge in [0.25, 0.3) is 0 Å². The highest BCUT2D eigenvalue weighted by molar-refractivity contribution is 6.32. The first-order chi connectivity index (χ1) is 15.7. The maximum absolute atomic E-state index is 12.5. The Kier molecular flexibility index (Phi) is 7.95. The average molecular weight is 486 g/mol. The topological polar surface area (TPSA) is 66.1 Å². The third-order valence-electron chi connectivity index (χ3n) is 5.30. The number of halogens is 2. The van der Waals surface area contributed by atoms with Crippen molar-refractivity contribution in [2.24, 2.45) is 0 Å². The van der Waals surface area contributed by atoms with E-state index < -0.39 is 5.97 Å². The number of esters is 1. The monoisotopic (exact) mass is 485 g/mol. The number of nitrogens with zero attached hydrogens (tertiary/aromatic N) is 3. The van der Waals surface area contributed by atoms with Crippen LogP contribution in [0.5, 0.6) is 0 Å². The minimum atomic E-state index is -0.641. The Morgan fingerprint density at radius 3 is 2.61 bits per heavy atom. The van der Waals surface area contributed by atoms with E-state index in [-0.39, 0.29) is 12.4 Å². The highest BCUT2D eigenvalue weighted by atomic mass is 35.5. The summed E-state index contributed by atoms with van der Waals surface area (Å²) in [5, 5.41) is 5.43. The zero-order valence-electron chi connectivity index (χ0n) is 18.8. The Hall–Kier alpha value is -3.09. The molecule has 0 radical (unpaired) electrons. The van der Waals surface area contributed by atoms with Gasteiger partial charge in [-0.2, -0.15) is 5.10 Å². The molecule has 2 aromatic heterocycles. The number of carbonyl (C=O) groups is 2. The molecule has 0 aliphatic heterocycles. The third-order valence-corrected chi connectivity index (χ3v) is 6.07. The molecule has 0 unspecified atom stereocenters. The Morgan fingerprint density at radius 2 is 1.91 bits per heavy atom. The first-order valence-electron chi connectivity index (χ1n) is 10.3.